The van der Waals surface area contributed by atoms with E-state index in [4.69, 9.17) is 0 Å². The molecule has 2 aromatic carbocycles. The van der Waals surface area contributed by atoms with Gasteiger partial charge in [-0.1, -0.05) is 40.2 Å². The van der Waals surface area contributed by atoms with E-state index in [0.717, 1.165) is 11.6 Å². The molecule has 1 N–H and O–H groups in total. The molecule has 0 spiro atoms. The maximum atomic E-state index is 12.8. The summed E-state index contributed by atoms with van der Waals surface area (Å²) in [5.41, 5.74) is 0.161. The summed E-state index contributed by atoms with van der Waals surface area (Å²) in [6.07, 6.45) is -4.51. The van der Waals surface area contributed by atoms with Gasteiger partial charge < -0.3 is 5.32 Å². The quantitative estimate of drug-likeness (QED) is 0.781. The zero-order chi connectivity index (χ0) is 15.5. The van der Waals surface area contributed by atoms with Gasteiger partial charge in [0, 0.05) is 10.9 Å². The zero-order valence-electron chi connectivity index (χ0n) is 10.7. The Balaban J connectivity index is 2.23. The third kappa shape index (κ3) is 3.85. The summed E-state index contributed by atoms with van der Waals surface area (Å²) in [6.45, 7) is 0. The normalized spacial score (nSPS) is 11.2. The lowest BCUT2D eigenvalue weighted by Gasteiger charge is -2.13. The van der Waals surface area contributed by atoms with E-state index in [1.54, 1.807) is 24.3 Å². The van der Waals surface area contributed by atoms with Crippen LogP contribution in [0, 0.1) is 0 Å². The molecule has 0 aliphatic heterocycles. The van der Waals surface area contributed by atoms with Gasteiger partial charge in [-0.15, -0.1) is 0 Å². The molecule has 0 atom stereocenters. The predicted octanol–water partition coefficient (Wildman–Crippen LogP) is 4.85. The van der Waals surface area contributed by atoms with Crippen molar-refractivity contribution in [2.24, 2.45) is 0 Å². The second-order valence-corrected chi connectivity index (χ2v) is 4.89. The van der Waals surface area contributed by atoms with Crippen molar-refractivity contribution < 1.29 is 18.0 Å². The number of benzene rings is 2. The van der Waals surface area contributed by atoms with Crippen molar-refractivity contribution in [3.8, 4) is 0 Å². The molecule has 6 heteroatoms. The molecule has 0 fully saturated rings. The highest BCUT2D eigenvalue weighted by atomic mass is 79.9. The van der Waals surface area contributed by atoms with Crippen LogP contribution in [-0.2, 0) is 11.5 Å². The summed E-state index contributed by atoms with van der Waals surface area (Å²) in [5, 5.41) is 2.94. The van der Waals surface area contributed by atoms with Crippen molar-refractivity contribution in [3.63, 3.8) is 0 Å². The lowest BCUT2D eigenvalue weighted by Crippen LogP contribution is -2.16. The first-order chi connectivity index (χ1) is 9.91. The molecule has 0 radical (unpaired) electrons. The molecule has 0 aliphatic rings. The third-order valence-electron chi connectivity index (χ3n) is 2.85. The number of para-hydroxylation sites is 1. The topological polar surface area (TPSA) is 29.1 Å². The first-order valence-corrected chi connectivity index (χ1v) is 7.16. The number of nitrogens with one attached hydrogen (secondary N) is 1. The van der Waals surface area contributed by atoms with Crippen molar-refractivity contribution in [1.29, 1.82) is 0 Å². The molecule has 110 valence electrons. The minimum Gasteiger partial charge on any atom is -0.321 e. The highest BCUT2D eigenvalue weighted by Gasteiger charge is 2.33. The second kappa shape index (κ2) is 6.30. The molecule has 0 aromatic heterocycles. The molecule has 21 heavy (non-hydrogen) atoms. The number of rotatable bonds is 3. The van der Waals surface area contributed by atoms with E-state index in [9.17, 15) is 18.0 Å². The fraction of sp³-hybridized carbons (Fsp3) is 0.133. The highest BCUT2D eigenvalue weighted by Crippen LogP contribution is 2.34. The molecule has 0 aliphatic carbocycles. The van der Waals surface area contributed by atoms with Crippen LogP contribution in [0.2, 0.25) is 0 Å². The van der Waals surface area contributed by atoms with E-state index in [1.165, 1.54) is 18.2 Å². The Morgan fingerprint density at radius 3 is 2.24 bits per heavy atom. The van der Waals surface area contributed by atoms with Crippen LogP contribution in [0.15, 0.2) is 48.5 Å². The summed E-state index contributed by atoms with van der Waals surface area (Å²) < 4.78 is 38.5. The van der Waals surface area contributed by atoms with Crippen molar-refractivity contribution in [2.45, 2.75) is 11.5 Å². The molecular formula is C15H11BrF3NO. The molecule has 0 saturated heterocycles. The largest absolute Gasteiger partial charge is 0.418 e. The van der Waals surface area contributed by atoms with Gasteiger partial charge in [0.05, 0.1) is 11.3 Å². The van der Waals surface area contributed by atoms with Crippen LogP contribution >= 0.6 is 15.9 Å². The number of carbonyl (C=O) groups is 1. The lowest BCUT2D eigenvalue weighted by atomic mass is 10.1. The third-order valence-corrected chi connectivity index (χ3v) is 3.50. The van der Waals surface area contributed by atoms with E-state index in [1.807, 2.05) is 0 Å². The average Bonchev–Trinajstić information content (AvgIpc) is 2.47. The Morgan fingerprint density at radius 1 is 1.05 bits per heavy atom. The summed E-state index contributed by atoms with van der Waals surface area (Å²) in [5.74, 6) is -0.576. The van der Waals surface area contributed by atoms with Gasteiger partial charge >= 0.3 is 6.18 Å². The summed E-state index contributed by atoms with van der Waals surface area (Å²) >= 11 is 3.28. The standard InChI is InChI=1S/C15H11BrF3NO/c16-9-10-5-7-11(8-6-10)14(21)20-13-4-2-1-3-12(13)15(17,18)19/h1-8H,9H2,(H,20,21). The number of anilines is 1. The Hall–Kier alpha value is -1.82. The lowest BCUT2D eigenvalue weighted by molar-refractivity contribution is -0.136. The number of carbonyl (C=O) groups excluding carboxylic acids is 1. The maximum Gasteiger partial charge on any atom is 0.418 e. The second-order valence-electron chi connectivity index (χ2n) is 4.33. The van der Waals surface area contributed by atoms with Gasteiger partial charge in [-0.2, -0.15) is 13.2 Å². The van der Waals surface area contributed by atoms with Crippen molar-refractivity contribution in [2.75, 3.05) is 5.32 Å². The molecule has 1 amide bonds. The molecular weight excluding hydrogens is 347 g/mol. The number of hydrogen-bond donors (Lipinski definition) is 1. The van der Waals surface area contributed by atoms with Crippen molar-refractivity contribution in [3.05, 3.63) is 65.2 Å². The minimum absolute atomic E-state index is 0.250. The Kier molecular flexibility index (Phi) is 4.67. The van der Waals surface area contributed by atoms with E-state index in [0.29, 0.717) is 10.9 Å². The van der Waals surface area contributed by atoms with E-state index < -0.39 is 17.6 Å². The molecule has 0 heterocycles. The van der Waals surface area contributed by atoms with Crippen LogP contribution < -0.4 is 5.32 Å². The molecule has 0 saturated carbocycles. The molecule has 2 aromatic rings. The van der Waals surface area contributed by atoms with E-state index >= 15 is 0 Å². The van der Waals surface area contributed by atoms with Crippen LogP contribution in [0.4, 0.5) is 18.9 Å². The Labute approximate surface area is 128 Å². The Bertz CT molecular complexity index is 638. The van der Waals surface area contributed by atoms with Crippen LogP contribution in [0.5, 0.6) is 0 Å². The predicted molar refractivity (Wildman–Crippen MR) is 78.5 cm³/mol. The number of halogens is 4. The summed E-state index contributed by atoms with van der Waals surface area (Å²) in [6, 6.07) is 11.5. The van der Waals surface area contributed by atoms with Gasteiger partial charge in [-0.25, -0.2) is 0 Å². The molecule has 2 nitrogen and oxygen atoms in total. The smallest absolute Gasteiger partial charge is 0.321 e. The van der Waals surface area contributed by atoms with Gasteiger partial charge in [0.15, 0.2) is 0 Å². The fourth-order valence-electron chi connectivity index (χ4n) is 1.78. The fourth-order valence-corrected chi connectivity index (χ4v) is 2.15. The Morgan fingerprint density at radius 2 is 1.67 bits per heavy atom. The zero-order valence-corrected chi connectivity index (χ0v) is 12.3. The molecule has 0 bridgehead atoms. The monoisotopic (exact) mass is 357 g/mol. The van der Waals surface area contributed by atoms with Gasteiger partial charge in [-0.3, -0.25) is 4.79 Å². The highest BCUT2D eigenvalue weighted by molar-refractivity contribution is 9.08. The van der Waals surface area contributed by atoms with Gasteiger partial charge in [-0.05, 0) is 29.8 Å². The first kappa shape index (κ1) is 15.6. The SMILES string of the molecule is O=C(Nc1ccccc1C(F)(F)F)c1ccc(CBr)cc1. The van der Waals surface area contributed by atoms with Crippen LogP contribution in [-0.4, -0.2) is 5.91 Å². The van der Waals surface area contributed by atoms with Gasteiger partial charge in [0.2, 0.25) is 0 Å². The van der Waals surface area contributed by atoms with E-state index in [-0.39, 0.29) is 5.69 Å². The average molecular weight is 358 g/mol. The number of amides is 1. The van der Waals surface area contributed by atoms with Gasteiger partial charge in [0.1, 0.15) is 0 Å². The minimum atomic E-state index is -4.51. The van der Waals surface area contributed by atoms with Crippen molar-refractivity contribution in [1.82, 2.24) is 0 Å². The number of hydrogen-bond acceptors (Lipinski definition) is 1. The summed E-state index contributed by atoms with van der Waals surface area (Å²) in [7, 11) is 0. The summed E-state index contributed by atoms with van der Waals surface area (Å²) in [4.78, 5) is 12.0. The van der Waals surface area contributed by atoms with Crippen LogP contribution in [0.25, 0.3) is 0 Å². The molecule has 2 rings (SSSR count). The maximum absolute atomic E-state index is 12.8. The molecule has 0 unspecified atom stereocenters. The van der Waals surface area contributed by atoms with Crippen molar-refractivity contribution >= 4 is 27.5 Å². The van der Waals surface area contributed by atoms with Crippen LogP contribution in [0.1, 0.15) is 21.5 Å². The van der Waals surface area contributed by atoms with E-state index in [2.05, 4.69) is 21.2 Å². The number of alkyl halides is 4. The van der Waals surface area contributed by atoms with Gasteiger partial charge in [0.25, 0.3) is 5.91 Å². The van der Waals surface area contributed by atoms with Crippen LogP contribution in [0.3, 0.4) is 0 Å². The first-order valence-electron chi connectivity index (χ1n) is 6.04.